The third-order valence-electron chi connectivity index (χ3n) is 9.53. The van der Waals surface area contributed by atoms with Crippen LogP contribution in [-0.4, -0.2) is 53.1 Å². The zero-order valence-corrected chi connectivity index (χ0v) is 25.0. The quantitative estimate of drug-likeness (QED) is 0.495. The van der Waals surface area contributed by atoms with Crippen LogP contribution in [0.3, 0.4) is 0 Å². The molecule has 6 rings (SSSR count). The lowest BCUT2D eigenvalue weighted by Gasteiger charge is -2.65. The molecule has 2 saturated carbocycles. The van der Waals surface area contributed by atoms with Crippen LogP contribution in [0.15, 0.2) is 30.3 Å². The zero-order valence-electron chi connectivity index (χ0n) is 24.3. The summed E-state index contributed by atoms with van der Waals surface area (Å²) in [6.45, 7) is 11.3. The number of ether oxygens (including phenoxy) is 1. The van der Waals surface area contributed by atoms with Crippen LogP contribution in [-0.2, 0) is 6.54 Å². The van der Waals surface area contributed by atoms with Gasteiger partial charge in [-0.15, -0.1) is 0 Å². The molecule has 2 N–H and O–H groups in total. The number of nitrogens with zero attached hydrogens (tertiary/aromatic N) is 3. The molecule has 8 heteroatoms. The van der Waals surface area contributed by atoms with E-state index in [4.69, 9.17) is 21.3 Å². The van der Waals surface area contributed by atoms with E-state index in [0.29, 0.717) is 46.4 Å². The van der Waals surface area contributed by atoms with Crippen molar-refractivity contribution < 1.29 is 9.53 Å². The average molecular weight is 572 g/mol. The fraction of sp³-hybridized carbons (Fsp3) is 0.545. The first-order valence-corrected chi connectivity index (χ1v) is 15.1. The van der Waals surface area contributed by atoms with Crippen molar-refractivity contribution in [1.29, 1.82) is 5.26 Å². The molecule has 4 aliphatic rings. The Morgan fingerprint density at radius 1 is 1.10 bits per heavy atom. The Hall–Kier alpha value is -3.10. The van der Waals surface area contributed by atoms with Crippen molar-refractivity contribution in [2.24, 2.45) is 16.7 Å². The predicted octanol–water partition coefficient (Wildman–Crippen LogP) is 4.92. The molecule has 1 saturated heterocycles. The molecule has 0 radical (unpaired) electrons. The first kappa shape index (κ1) is 28.0. The van der Waals surface area contributed by atoms with Crippen LogP contribution in [0.4, 0.5) is 0 Å². The van der Waals surface area contributed by atoms with Crippen LogP contribution >= 0.6 is 11.6 Å². The first-order valence-electron chi connectivity index (χ1n) is 14.7. The number of pyridine rings is 1. The number of nitrogens with one attached hydrogen (secondary N) is 2. The highest BCUT2D eigenvalue weighted by molar-refractivity contribution is 6.31. The maximum Gasteiger partial charge on any atom is 0.256 e. The number of halogens is 1. The Labute approximate surface area is 248 Å². The Bertz CT molecular complexity index is 1440. The van der Waals surface area contributed by atoms with E-state index in [1.807, 2.05) is 17.0 Å². The molecule has 2 aliphatic carbocycles. The van der Waals surface area contributed by atoms with Gasteiger partial charge in [-0.25, -0.2) is 4.98 Å². The fourth-order valence-corrected chi connectivity index (χ4v) is 8.08. The molecule has 1 aromatic carbocycles. The van der Waals surface area contributed by atoms with E-state index >= 15 is 0 Å². The number of piperidine rings is 1. The molecular formula is C33H38ClN5O2. The van der Waals surface area contributed by atoms with Gasteiger partial charge < -0.3 is 20.3 Å². The average Bonchev–Trinajstić information content (AvgIpc) is 3.23. The van der Waals surface area contributed by atoms with Crippen molar-refractivity contribution in [3.63, 3.8) is 0 Å². The molecule has 2 aliphatic heterocycles. The molecule has 41 heavy (non-hydrogen) atoms. The largest absolute Gasteiger partial charge is 0.489 e. The highest BCUT2D eigenvalue weighted by Crippen LogP contribution is 2.59. The van der Waals surface area contributed by atoms with Gasteiger partial charge in [-0.2, -0.15) is 5.26 Å². The van der Waals surface area contributed by atoms with E-state index < -0.39 is 0 Å². The van der Waals surface area contributed by atoms with Crippen LogP contribution in [0.25, 0.3) is 0 Å². The number of hydrogen-bond donors (Lipinski definition) is 2. The molecule has 214 valence electrons. The van der Waals surface area contributed by atoms with Crippen LogP contribution < -0.4 is 15.4 Å². The van der Waals surface area contributed by atoms with Crippen molar-refractivity contribution >= 4 is 17.5 Å². The van der Waals surface area contributed by atoms with Crippen molar-refractivity contribution in [3.05, 3.63) is 57.9 Å². The third-order valence-corrected chi connectivity index (χ3v) is 9.84. The monoisotopic (exact) mass is 571 g/mol. The Morgan fingerprint density at radius 2 is 1.83 bits per heavy atom. The smallest absolute Gasteiger partial charge is 0.256 e. The Morgan fingerprint density at radius 3 is 2.51 bits per heavy atom. The minimum Gasteiger partial charge on any atom is -0.489 e. The maximum atomic E-state index is 13.6. The number of carbonyl (C=O) groups excluding carboxylic acids is 1. The van der Waals surface area contributed by atoms with Gasteiger partial charge in [0.25, 0.3) is 5.91 Å². The van der Waals surface area contributed by atoms with Gasteiger partial charge in [0, 0.05) is 40.9 Å². The molecule has 7 nitrogen and oxygen atoms in total. The maximum absolute atomic E-state index is 13.6. The van der Waals surface area contributed by atoms with Crippen molar-refractivity contribution in [2.45, 2.75) is 84.2 Å². The summed E-state index contributed by atoms with van der Waals surface area (Å²) in [6, 6.07) is 12.2. The van der Waals surface area contributed by atoms with Crippen LogP contribution in [0.2, 0.25) is 5.02 Å². The highest BCUT2D eigenvalue weighted by atomic mass is 35.5. The summed E-state index contributed by atoms with van der Waals surface area (Å²) >= 11 is 6.25. The molecule has 3 heterocycles. The number of rotatable bonds is 5. The van der Waals surface area contributed by atoms with Gasteiger partial charge in [-0.3, -0.25) is 4.79 Å². The van der Waals surface area contributed by atoms with E-state index in [-0.39, 0.29) is 28.9 Å². The van der Waals surface area contributed by atoms with Crippen molar-refractivity contribution in [1.82, 2.24) is 20.5 Å². The molecule has 1 amide bonds. The Kier molecular flexibility index (Phi) is 7.27. The summed E-state index contributed by atoms with van der Waals surface area (Å²) in [4.78, 5) is 20.3. The number of fused-ring (bicyclic) bond motifs is 1. The van der Waals surface area contributed by atoms with Crippen molar-refractivity contribution in [3.8, 4) is 23.7 Å². The minimum absolute atomic E-state index is 0.0175. The molecule has 0 atom stereocenters. The number of benzene rings is 1. The summed E-state index contributed by atoms with van der Waals surface area (Å²) in [6.07, 6.45) is 4.45. The van der Waals surface area contributed by atoms with E-state index in [2.05, 4.69) is 56.2 Å². The lowest BCUT2D eigenvalue weighted by atomic mass is 9.49. The topological polar surface area (TPSA) is 90.3 Å². The van der Waals surface area contributed by atoms with Gasteiger partial charge >= 0.3 is 0 Å². The molecule has 1 aromatic heterocycles. The number of carbonyl (C=O) groups is 1. The Balaban J connectivity index is 1.10. The predicted molar refractivity (Wildman–Crippen MR) is 158 cm³/mol. The van der Waals surface area contributed by atoms with Gasteiger partial charge in [0.15, 0.2) is 0 Å². The highest BCUT2D eigenvalue weighted by Gasteiger charge is 2.67. The number of amides is 1. The summed E-state index contributed by atoms with van der Waals surface area (Å²) < 4.78 is 6.43. The van der Waals surface area contributed by atoms with Gasteiger partial charge in [-0.1, -0.05) is 45.2 Å². The molecule has 2 aromatic rings. The number of aromatic nitrogens is 1. The summed E-state index contributed by atoms with van der Waals surface area (Å²) in [5, 5.41) is 16.8. The standard InChI is InChI=1S/C33H38ClN5O2/c1-32(2)30(33(3,4)31(32)41-25-9-6-21(18-35)27(34)17-25)39-19-28-26(29(39)40)10-8-22(38-28)7-5-20-15-24(16-20)37-23-11-13-36-14-12-23/h6,8-10,17,20,23-24,30-31,36-37H,11-16,19H2,1-4H3/t20?,24?,30-,31-. The van der Waals surface area contributed by atoms with E-state index in [9.17, 15) is 10.1 Å². The van der Waals surface area contributed by atoms with Gasteiger partial charge in [-0.05, 0) is 69.0 Å². The van der Waals surface area contributed by atoms with Gasteiger partial charge in [0.1, 0.15) is 23.6 Å². The fourth-order valence-electron chi connectivity index (χ4n) is 7.86. The number of hydrogen-bond acceptors (Lipinski definition) is 6. The van der Waals surface area contributed by atoms with Gasteiger partial charge in [0.2, 0.25) is 0 Å². The molecule has 0 bridgehead atoms. The first-order chi connectivity index (χ1) is 19.6. The molecule has 0 spiro atoms. The molecular weight excluding hydrogens is 534 g/mol. The summed E-state index contributed by atoms with van der Waals surface area (Å²) in [5.74, 6) is 7.75. The van der Waals surface area contributed by atoms with Crippen LogP contribution in [0.5, 0.6) is 5.75 Å². The van der Waals surface area contributed by atoms with E-state index in [1.165, 1.54) is 12.8 Å². The summed E-state index contributed by atoms with van der Waals surface area (Å²) in [5.41, 5.74) is 2.00. The summed E-state index contributed by atoms with van der Waals surface area (Å²) in [7, 11) is 0. The number of nitriles is 1. The second-order valence-electron chi connectivity index (χ2n) is 13.2. The van der Waals surface area contributed by atoms with E-state index in [0.717, 1.165) is 37.3 Å². The molecule has 3 fully saturated rings. The molecule has 0 unspecified atom stereocenters. The van der Waals surface area contributed by atoms with Crippen LogP contribution in [0, 0.1) is 39.9 Å². The van der Waals surface area contributed by atoms with Crippen LogP contribution in [0.1, 0.15) is 80.7 Å². The second-order valence-corrected chi connectivity index (χ2v) is 13.7. The third kappa shape index (κ3) is 5.10. The SMILES string of the molecule is CC1(C)[C@H](Oc2ccc(C#N)c(Cl)c2)C(C)(C)[C@H]1N1Cc2nc(C#CC3CC(NC4CCNCC4)C3)ccc2C1=O. The minimum atomic E-state index is -0.312. The van der Waals surface area contributed by atoms with E-state index in [1.54, 1.807) is 18.2 Å². The van der Waals surface area contributed by atoms with Gasteiger partial charge in [0.05, 0.1) is 28.4 Å². The van der Waals surface area contributed by atoms with Crippen molar-refractivity contribution in [2.75, 3.05) is 13.1 Å². The lowest BCUT2D eigenvalue weighted by Crippen LogP contribution is -2.74. The lowest BCUT2D eigenvalue weighted by molar-refractivity contribution is -0.199. The zero-order chi connectivity index (χ0) is 28.9. The second kappa shape index (κ2) is 10.6. The normalized spacial score (nSPS) is 28.0.